The van der Waals surface area contributed by atoms with E-state index in [9.17, 15) is 4.39 Å². The van der Waals surface area contributed by atoms with Gasteiger partial charge in [-0.3, -0.25) is 4.90 Å². The highest BCUT2D eigenvalue weighted by molar-refractivity contribution is 6.31. The molecule has 21 heavy (non-hydrogen) atoms. The molecule has 1 heterocycles. The van der Waals surface area contributed by atoms with Gasteiger partial charge in [0.1, 0.15) is 5.82 Å². The zero-order chi connectivity index (χ0) is 15.5. The lowest BCUT2D eigenvalue weighted by Gasteiger charge is -2.44. The van der Waals surface area contributed by atoms with Crippen molar-refractivity contribution in [2.45, 2.75) is 51.1 Å². The predicted molar refractivity (Wildman–Crippen MR) is 87.5 cm³/mol. The first kappa shape index (κ1) is 16.7. The lowest BCUT2D eigenvalue weighted by atomic mass is 9.83. The van der Waals surface area contributed by atoms with Crippen LogP contribution in [0.4, 0.5) is 4.39 Å². The van der Waals surface area contributed by atoms with E-state index < -0.39 is 0 Å². The van der Waals surface area contributed by atoms with Gasteiger partial charge in [0, 0.05) is 22.2 Å². The Morgan fingerprint density at radius 3 is 2.57 bits per heavy atom. The van der Waals surface area contributed by atoms with E-state index in [0.29, 0.717) is 17.0 Å². The van der Waals surface area contributed by atoms with Gasteiger partial charge in [-0.15, -0.1) is 0 Å². The Balaban J connectivity index is 2.25. The van der Waals surface area contributed by atoms with Crippen LogP contribution < -0.4 is 5.32 Å². The third kappa shape index (κ3) is 3.41. The van der Waals surface area contributed by atoms with Gasteiger partial charge in [0.25, 0.3) is 0 Å². The van der Waals surface area contributed by atoms with Gasteiger partial charge in [-0.25, -0.2) is 4.39 Å². The van der Waals surface area contributed by atoms with Gasteiger partial charge in [-0.1, -0.05) is 24.6 Å². The fourth-order valence-electron chi connectivity index (χ4n) is 3.48. The van der Waals surface area contributed by atoms with Crippen LogP contribution in [0.1, 0.15) is 38.7 Å². The summed E-state index contributed by atoms with van der Waals surface area (Å²) in [6.07, 6.45) is 4.16. The van der Waals surface area contributed by atoms with Gasteiger partial charge >= 0.3 is 0 Å². The predicted octanol–water partition coefficient (Wildman–Crippen LogP) is 3.87. The number of likely N-dealkylation sites (N-methyl/N-ethyl adjacent to an activating group) is 1. The van der Waals surface area contributed by atoms with Crippen molar-refractivity contribution in [3.05, 3.63) is 34.6 Å². The summed E-state index contributed by atoms with van der Waals surface area (Å²) in [4.78, 5) is 2.54. The molecule has 2 nitrogen and oxygen atoms in total. The molecular weight excluding hydrogens is 287 g/mol. The van der Waals surface area contributed by atoms with Crippen molar-refractivity contribution in [3.63, 3.8) is 0 Å². The smallest absolute Gasteiger partial charge is 0.127 e. The normalized spacial score (nSPS) is 20.4. The average molecular weight is 313 g/mol. The summed E-state index contributed by atoms with van der Waals surface area (Å²) in [6, 6.07) is 5.10. The van der Waals surface area contributed by atoms with Crippen LogP contribution in [-0.2, 0) is 6.42 Å². The number of hydrogen-bond acceptors (Lipinski definition) is 2. The van der Waals surface area contributed by atoms with Crippen molar-refractivity contribution in [1.82, 2.24) is 10.2 Å². The Morgan fingerprint density at radius 2 is 2.05 bits per heavy atom. The van der Waals surface area contributed by atoms with Crippen molar-refractivity contribution in [3.8, 4) is 0 Å². The van der Waals surface area contributed by atoms with Gasteiger partial charge < -0.3 is 5.32 Å². The van der Waals surface area contributed by atoms with Crippen molar-refractivity contribution in [2.75, 3.05) is 20.1 Å². The molecule has 118 valence electrons. The van der Waals surface area contributed by atoms with E-state index in [0.717, 1.165) is 19.5 Å². The molecule has 1 N–H and O–H groups in total. The van der Waals surface area contributed by atoms with Crippen molar-refractivity contribution in [1.29, 1.82) is 0 Å². The monoisotopic (exact) mass is 312 g/mol. The molecule has 2 rings (SSSR count). The van der Waals surface area contributed by atoms with E-state index in [1.165, 1.54) is 18.9 Å². The average Bonchev–Trinajstić information content (AvgIpc) is 3.01. The van der Waals surface area contributed by atoms with Crippen molar-refractivity contribution in [2.24, 2.45) is 0 Å². The second-order valence-electron chi connectivity index (χ2n) is 6.15. The molecule has 2 unspecified atom stereocenters. The number of likely N-dealkylation sites (tertiary alicyclic amines) is 1. The lowest BCUT2D eigenvalue weighted by molar-refractivity contribution is 0.0870. The second kappa shape index (κ2) is 7.08. The summed E-state index contributed by atoms with van der Waals surface area (Å²) in [7, 11) is 1.96. The molecule has 0 bridgehead atoms. The van der Waals surface area contributed by atoms with E-state index in [4.69, 9.17) is 11.6 Å². The minimum absolute atomic E-state index is 0.0247. The fraction of sp³-hybridized carbons (Fsp3) is 0.647. The molecule has 0 aromatic heterocycles. The zero-order valence-corrected chi connectivity index (χ0v) is 14.0. The standard InChI is InChI=1S/C17H26ClFN2/c1-4-17(2,21-10-5-6-11-21)16(20-3)12-13-14(18)8-7-9-15(13)19/h7-9,16,20H,4-6,10-12H2,1-3H3. The van der Waals surface area contributed by atoms with Crippen LogP contribution >= 0.6 is 11.6 Å². The Morgan fingerprint density at radius 1 is 1.38 bits per heavy atom. The second-order valence-corrected chi connectivity index (χ2v) is 6.56. The molecule has 1 aromatic rings. The molecule has 1 aliphatic heterocycles. The summed E-state index contributed by atoms with van der Waals surface area (Å²) >= 11 is 6.20. The summed E-state index contributed by atoms with van der Waals surface area (Å²) in [6.45, 7) is 6.76. The third-order valence-electron chi connectivity index (χ3n) is 5.11. The number of benzene rings is 1. The van der Waals surface area contributed by atoms with E-state index in [1.807, 2.05) is 7.05 Å². The van der Waals surface area contributed by atoms with Gasteiger partial charge in [0.05, 0.1) is 0 Å². The summed E-state index contributed by atoms with van der Waals surface area (Å²) in [5.74, 6) is -0.206. The van der Waals surface area contributed by atoms with E-state index in [-0.39, 0.29) is 17.4 Å². The maximum absolute atomic E-state index is 14.1. The molecule has 0 radical (unpaired) electrons. The first-order chi connectivity index (χ1) is 10.0. The van der Waals surface area contributed by atoms with Crippen LogP contribution in [0.5, 0.6) is 0 Å². The van der Waals surface area contributed by atoms with Gasteiger partial charge in [-0.05, 0) is 64.9 Å². The van der Waals surface area contributed by atoms with Crippen LogP contribution in [0.2, 0.25) is 5.02 Å². The van der Waals surface area contributed by atoms with Crippen LogP contribution in [0.15, 0.2) is 18.2 Å². The molecule has 4 heteroatoms. The minimum Gasteiger partial charge on any atom is -0.315 e. The number of halogens is 2. The van der Waals surface area contributed by atoms with Gasteiger partial charge in [-0.2, -0.15) is 0 Å². The highest BCUT2D eigenvalue weighted by Crippen LogP contribution is 2.31. The fourth-order valence-corrected chi connectivity index (χ4v) is 3.72. The zero-order valence-electron chi connectivity index (χ0n) is 13.3. The maximum atomic E-state index is 14.1. The lowest BCUT2D eigenvalue weighted by Crippen LogP contribution is -2.58. The molecule has 0 amide bonds. The van der Waals surface area contributed by atoms with Crippen LogP contribution in [0.25, 0.3) is 0 Å². The van der Waals surface area contributed by atoms with Crippen molar-refractivity contribution < 1.29 is 4.39 Å². The molecule has 1 saturated heterocycles. The summed E-state index contributed by atoms with van der Waals surface area (Å²) in [5, 5.41) is 3.93. The Hall–Kier alpha value is -0.640. The van der Waals surface area contributed by atoms with Crippen LogP contribution in [0.3, 0.4) is 0 Å². The molecule has 1 aromatic carbocycles. The SMILES string of the molecule is CCC(C)(C(Cc1c(F)cccc1Cl)NC)N1CCCC1. The Bertz CT molecular complexity index is 454. The number of nitrogens with zero attached hydrogens (tertiary/aromatic N) is 1. The largest absolute Gasteiger partial charge is 0.315 e. The summed E-state index contributed by atoms with van der Waals surface area (Å²) in [5.41, 5.74) is 0.647. The van der Waals surface area contributed by atoms with Crippen LogP contribution in [0, 0.1) is 5.82 Å². The maximum Gasteiger partial charge on any atom is 0.127 e. The van der Waals surface area contributed by atoms with Crippen molar-refractivity contribution >= 4 is 11.6 Å². The molecule has 0 saturated carbocycles. The van der Waals surface area contributed by atoms with Gasteiger partial charge in [0.2, 0.25) is 0 Å². The highest BCUT2D eigenvalue weighted by atomic mass is 35.5. The van der Waals surface area contributed by atoms with Gasteiger partial charge in [0.15, 0.2) is 0 Å². The molecule has 1 fully saturated rings. The molecule has 0 aliphatic carbocycles. The molecule has 1 aliphatic rings. The third-order valence-corrected chi connectivity index (χ3v) is 5.47. The number of rotatable bonds is 6. The number of hydrogen-bond donors (Lipinski definition) is 1. The first-order valence-electron chi connectivity index (χ1n) is 7.88. The molecule has 0 spiro atoms. The van der Waals surface area contributed by atoms with Crippen LogP contribution in [-0.4, -0.2) is 36.6 Å². The Labute approximate surface area is 132 Å². The van der Waals surface area contributed by atoms with E-state index in [2.05, 4.69) is 24.1 Å². The quantitative estimate of drug-likeness (QED) is 0.857. The topological polar surface area (TPSA) is 15.3 Å². The van der Waals surface area contributed by atoms with E-state index >= 15 is 0 Å². The first-order valence-corrected chi connectivity index (χ1v) is 8.26. The number of nitrogens with one attached hydrogen (secondary N) is 1. The van der Waals surface area contributed by atoms with E-state index in [1.54, 1.807) is 12.1 Å². The Kier molecular flexibility index (Phi) is 5.64. The summed E-state index contributed by atoms with van der Waals surface area (Å²) < 4.78 is 14.1. The minimum atomic E-state index is -0.206. The molecular formula is C17H26ClFN2. The highest BCUT2D eigenvalue weighted by Gasteiger charge is 2.39. The molecule has 2 atom stereocenters.